The van der Waals surface area contributed by atoms with Crippen molar-refractivity contribution in [2.75, 3.05) is 12.3 Å². The maximum Gasteiger partial charge on any atom is 0.241 e. The highest BCUT2D eigenvalue weighted by atomic mass is 32.2. The van der Waals surface area contributed by atoms with E-state index in [2.05, 4.69) is 25.2 Å². The average molecular weight is 460 g/mol. The molecule has 2 aromatic carbocycles. The van der Waals surface area contributed by atoms with Crippen molar-refractivity contribution < 1.29 is 13.2 Å². The number of nitrogens with zero attached hydrogens (tertiary/aromatic N) is 2. The summed E-state index contributed by atoms with van der Waals surface area (Å²) < 4.78 is 28.0. The zero-order valence-electron chi connectivity index (χ0n) is 17.1. The second-order valence-electron chi connectivity index (χ2n) is 6.89. The van der Waals surface area contributed by atoms with Gasteiger partial charge in [0, 0.05) is 24.8 Å². The van der Waals surface area contributed by atoms with E-state index in [9.17, 15) is 13.2 Å². The first kappa shape index (κ1) is 23.0. The minimum absolute atomic E-state index is 0.0479. The molecule has 1 atom stereocenters. The lowest BCUT2D eigenvalue weighted by Crippen LogP contribution is -2.27. The van der Waals surface area contributed by atoms with Crippen LogP contribution in [0.2, 0.25) is 0 Å². The highest BCUT2D eigenvalue weighted by Gasteiger charge is 2.18. The summed E-state index contributed by atoms with van der Waals surface area (Å²) in [4.78, 5) is 16.2. The maximum atomic E-state index is 12.6. The van der Waals surface area contributed by atoms with Crippen LogP contribution in [0.25, 0.3) is 0 Å². The van der Waals surface area contributed by atoms with E-state index in [-0.39, 0.29) is 16.8 Å². The molecule has 0 spiro atoms. The number of carbonyl (C=O) groups is 1. The van der Waals surface area contributed by atoms with Crippen LogP contribution >= 0.6 is 11.8 Å². The molecule has 0 aliphatic heterocycles. The van der Waals surface area contributed by atoms with Crippen molar-refractivity contribution in [1.82, 2.24) is 25.2 Å². The summed E-state index contributed by atoms with van der Waals surface area (Å²) in [6.45, 7) is 2.34. The lowest BCUT2D eigenvalue weighted by Gasteiger charge is -2.15. The number of sulfonamides is 1. The van der Waals surface area contributed by atoms with Crippen LogP contribution in [0.15, 0.2) is 71.0 Å². The Balaban J connectivity index is 1.44. The molecular formula is C21H25N5O3S2. The van der Waals surface area contributed by atoms with Gasteiger partial charge in [-0.3, -0.25) is 9.89 Å². The van der Waals surface area contributed by atoms with Gasteiger partial charge >= 0.3 is 0 Å². The van der Waals surface area contributed by atoms with E-state index >= 15 is 0 Å². The topological polar surface area (TPSA) is 117 Å². The third-order valence-corrected chi connectivity index (χ3v) is 7.00. The van der Waals surface area contributed by atoms with Gasteiger partial charge in [0.1, 0.15) is 6.33 Å². The smallest absolute Gasteiger partial charge is 0.241 e. The normalized spacial score (nSPS) is 12.4. The maximum absolute atomic E-state index is 12.6. The Hall–Kier alpha value is -2.69. The van der Waals surface area contributed by atoms with Gasteiger partial charge in [0.25, 0.3) is 0 Å². The standard InChI is InChI=1S/C21H25N5O3S2/c1-16(18-5-3-2-4-6-18)26-31(28,29)19-10-7-17(8-11-19)9-12-20(27)22-13-14-30-21-23-15-24-25-21/h2-8,10-11,15-16,26H,9,12-14H2,1H3,(H,22,27)(H,23,24,25). The highest BCUT2D eigenvalue weighted by molar-refractivity contribution is 7.99. The third-order valence-electron chi connectivity index (χ3n) is 4.56. The predicted molar refractivity (Wildman–Crippen MR) is 120 cm³/mol. The van der Waals surface area contributed by atoms with E-state index in [0.717, 1.165) is 16.3 Å². The van der Waals surface area contributed by atoms with Gasteiger partial charge in [-0.2, -0.15) is 5.10 Å². The van der Waals surface area contributed by atoms with Crippen LogP contribution in [0.1, 0.15) is 30.5 Å². The summed E-state index contributed by atoms with van der Waals surface area (Å²) in [5.41, 5.74) is 1.80. The molecule has 1 unspecified atom stereocenters. The molecule has 0 aliphatic rings. The van der Waals surface area contributed by atoms with E-state index < -0.39 is 10.0 Å². The minimum atomic E-state index is -3.63. The minimum Gasteiger partial charge on any atom is -0.355 e. The molecular weight excluding hydrogens is 434 g/mol. The molecule has 8 nitrogen and oxygen atoms in total. The number of H-pyrrole nitrogens is 1. The van der Waals surface area contributed by atoms with Crippen molar-refractivity contribution in [3.63, 3.8) is 0 Å². The summed E-state index contributed by atoms with van der Waals surface area (Å²) in [7, 11) is -3.63. The summed E-state index contributed by atoms with van der Waals surface area (Å²) in [6.07, 6.45) is 2.31. The van der Waals surface area contributed by atoms with Crippen LogP contribution in [-0.2, 0) is 21.2 Å². The third kappa shape index (κ3) is 7.20. The van der Waals surface area contributed by atoms with E-state index in [1.54, 1.807) is 24.3 Å². The van der Waals surface area contributed by atoms with Gasteiger partial charge in [-0.25, -0.2) is 18.1 Å². The Morgan fingerprint density at radius 1 is 1.13 bits per heavy atom. The van der Waals surface area contributed by atoms with Gasteiger partial charge in [0.2, 0.25) is 15.9 Å². The summed E-state index contributed by atoms with van der Waals surface area (Å²) in [5, 5.41) is 10.1. The van der Waals surface area contributed by atoms with Crippen LogP contribution in [0.5, 0.6) is 0 Å². The lowest BCUT2D eigenvalue weighted by molar-refractivity contribution is -0.120. The van der Waals surface area contributed by atoms with Crippen LogP contribution in [-0.4, -0.2) is 41.8 Å². The van der Waals surface area contributed by atoms with Gasteiger partial charge in [0.15, 0.2) is 5.16 Å². The van der Waals surface area contributed by atoms with Gasteiger partial charge in [-0.05, 0) is 36.6 Å². The molecule has 3 aromatic rings. The number of nitrogens with one attached hydrogen (secondary N) is 3. The zero-order chi connectivity index (χ0) is 22.1. The Kier molecular flexibility index (Phi) is 8.21. The van der Waals surface area contributed by atoms with Crippen LogP contribution in [0, 0.1) is 0 Å². The Morgan fingerprint density at radius 2 is 1.87 bits per heavy atom. The molecule has 164 valence electrons. The number of aromatic nitrogens is 3. The summed E-state index contributed by atoms with van der Waals surface area (Å²) in [6, 6.07) is 15.7. The quantitative estimate of drug-likeness (QED) is 0.300. The fourth-order valence-electron chi connectivity index (χ4n) is 2.89. The lowest BCUT2D eigenvalue weighted by atomic mass is 10.1. The predicted octanol–water partition coefficient (Wildman–Crippen LogP) is 2.69. The van der Waals surface area contributed by atoms with Crippen LogP contribution in [0.4, 0.5) is 0 Å². The van der Waals surface area contributed by atoms with Crippen molar-refractivity contribution in [3.05, 3.63) is 72.1 Å². The van der Waals surface area contributed by atoms with E-state index in [1.807, 2.05) is 37.3 Å². The number of aromatic amines is 1. The first-order valence-electron chi connectivity index (χ1n) is 9.85. The molecule has 0 bridgehead atoms. The van der Waals surface area contributed by atoms with Gasteiger partial charge in [-0.15, -0.1) is 0 Å². The molecule has 10 heteroatoms. The number of rotatable bonds is 11. The summed E-state index contributed by atoms with van der Waals surface area (Å²) in [5.74, 6) is 0.648. The molecule has 0 radical (unpaired) electrons. The SMILES string of the molecule is CC(NS(=O)(=O)c1ccc(CCC(=O)NCCSc2ncn[nH]2)cc1)c1ccccc1. The average Bonchev–Trinajstić information content (AvgIpc) is 3.29. The fraction of sp³-hybridized carbons (Fsp3) is 0.286. The Labute approximate surface area is 186 Å². The number of hydrogen-bond donors (Lipinski definition) is 3. The first-order chi connectivity index (χ1) is 14.9. The number of aryl methyl sites for hydroxylation is 1. The van der Waals surface area contributed by atoms with Crippen molar-refractivity contribution >= 4 is 27.7 Å². The van der Waals surface area contributed by atoms with Crippen molar-refractivity contribution in [2.24, 2.45) is 0 Å². The molecule has 31 heavy (non-hydrogen) atoms. The molecule has 1 amide bonds. The molecule has 0 saturated heterocycles. The van der Waals surface area contributed by atoms with Gasteiger partial charge < -0.3 is 5.32 Å². The first-order valence-corrected chi connectivity index (χ1v) is 12.3. The van der Waals surface area contributed by atoms with Crippen molar-refractivity contribution in [3.8, 4) is 0 Å². The van der Waals surface area contributed by atoms with Crippen molar-refractivity contribution in [1.29, 1.82) is 0 Å². The van der Waals surface area contributed by atoms with Gasteiger partial charge in [0.05, 0.1) is 4.90 Å². The Bertz CT molecular complexity index is 1060. The summed E-state index contributed by atoms with van der Waals surface area (Å²) >= 11 is 1.48. The zero-order valence-corrected chi connectivity index (χ0v) is 18.7. The molecule has 3 N–H and O–H groups in total. The van der Waals surface area contributed by atoms with Gasteiger partial charge in [-0.1, -0.05) is 54.2 Å². The fourth-order valence-corrected chi connectivity index (χ4v) is 4.76. The Morgan fingerprint density at radius 3 is 2.55 bits per heavy atom. The molecule has 0 aliphatic carbocycles. The number of thioether (sulfide) groups is 1. The number of amides is 1. The van der Waals surface area contributed by atoms with Crippen molar-refractivity contribution in [2.45, 2.75) is 35.9 Å². The number of hydrogen-bond acceptors (Lipinski definition) is 6. The molecule has 0 saturated carbocycles. The van der Waals surface area contributed by atoms with E-state index in [0.29, 0.717) is 25.1 Å². The van der Waals surface area contributed by atoms with Crippen LogP contribution in [0.3, 0.4) is 0 Å². The molecule has 0 fully saturated rings. The van der Waals surface area contributed by atoms with Crippen LogP contribution < -0.4 is 10.0 Å². The monoisotopic (exact) mass is 459 g/mol. The molecule has 1 heterocycles. The second kappa shape index (κ2) is 11.1. The number of benzene rings is 2. The molecule has 3 rings (SSSR count). The number of carbonyl (C=O) groups excluding carboxylic acids is 1. The highest BCUT2D eigenvalue weighted by Crippen LogP contribution is 2.17. The molecule has 1 aromatic heterocycles. The van der Waals surface area contributed by atoms with E-state index in [4.69, 9.17) is 0 Å². The second-order valence-corrected chi connectivity index (χ2v) is 9.68. The largest absolute Gasteiger partial charge is 0.355 e. The van der Waals surface area contributed by atoms with E-state index in [1.165, 1.54) is 18.1 Å².